The normalized spacial score (nSPS) is 5.50. The first kappa shape index (κ1) is 8.82. The van der Waals surface area contributed by atoms with Gasteiger partial charge >= 0.3 is 22.5 Å². The fourth-order valence-corrected chi connectivity index (χ4v) is 0. The molecule has 0 saturated carbocycles. The first-order valence-corrected chi connectivity index (χ1v) is 0.986. The second kappa shape index (κ2) is 9.43. The fraction of sp³-hybridized carbons (Fsp3) is 0. The van der Waals surface area contributed by atoms with E-state index in [4.69, 9.17) is 0 Å². The predicted molar refractivity (Wildman–Crippen MR) is 9.46 cm³/mol. The van der Waals surface area contributed by atoms with Gasteiger partial charge in [0.15, 0.2) is 0 Å². The summed E-state index contributed by atoms with van der Waals surface area (Å²) in [5.41, 5.74) is 0. The van der Waals surface area contributed by atoms with Gasteiger partial charge in [-0.05, 0) is 0 Å². The summed E-state index contributed by atoms with van der Waals surface area (Å²) in [4.78, 5) is 0. The quantitative estimate of drug-likeness (QED) is 0.436. The molecule has 0 N–H and O–H groups in total. The summed E-state index contributed by atoms with van der Waals surface area (Å²) in [5.74, 6) is 0. The van der Waals surface area contributed by atoms with E-state index in [1.54, 1.807) is 0 Å². The molecule has 32 valence electrons. The van der Waals surface area contributed by atoms with Crippen LogP contribution in [0.25, 0.3) is 0 Å². The maximum atomic E-state index is 9.56. The molecule has 0 atom stereocenters. The Hall–Kier alpha value is 0.644. The van der Waals surface area contributed by atoms with Gasteiger partial charge in [0, 0.05) is 0 Å². The van der Waals surface area contributed by atoms with E-state index in [-0.39, 0.29) is 12.4 Å². The Morgan fingerprint density at radius 1 is 1.25 bits per heavy atom. The summed E-state index contributed by atoms with van der Waals surface area (Å²) < 4.78 is 19.1. The molecule has 4 heteroatoms. The molecule has 0 amide bonds. The number of hydrogen-bond acceptors (Lipinski definition) is 0. The number of halogens is 3. The zero-order chi connectivity index (χ0) is 2.71. The topological polar surface area (TPSA) is 0 Å². The van der Waals surface area contributed by atoms with E-state index >= 15 is 0 Å². The molecule has 0 unspecified atom stereocenters. The van der Waals surface area contributed by atoms with Crippen LogP contribution in [0, 0.1) is 0 Å². The molecular weight excluding hydrogens is 132 g/mol. The molecule has 0 aliphatic rings. The van der Waals surface area contributed by atoms with Crippen LogP contribution in [0.15, 0.2) is 0 Å². The molecule has 0 saturated heterocycles. The molecule has 0 aromatic rings. The van der Waals surface area contributed by atoms with Crippen LogP contribution in [-0.4, -0.2) is 0 Å². The van der Waals surface area contributed by atoms with Crippen molar-refractivity contribution in [2.75, 3.05) is 0 Å². The van der Waals surface area contributed by atoms with E-state index < -0.39 is 15.3 Å². The Morgan fingerprint density at radius 2 is 1.25 bits per heavy atom. The summed E-state index contributed by atoms with van der Waals surface area (Å²) in [6.45, 7) is 0. The molecule has 0 aromatic carbocycles. The van der Waals surface area contributed by atoms with E-state index in [1.807, 2.05) is 0 Å². The molecule has 0 rings (SSSR count). The third-order valence-electron chi connectivity index (χ3n) is 0. The van der Waals surface area contributed by atoms with Crippen molar-refractivity contribution in [3.63, 3.8) is 0 Å². The molecule has 0 aliphatic heterocycles. The third kappa shape index (κ3) is 17.2. The van der Waals surface area contributed by atoms with Gasteiger partial charge in [-0.2, -0.15) is 0 Å². The molecule has 4 heavy (non-hydrogen) atoms. The van der Waals surface area contributed by atoms with Crippen molar-refractivity contribution in [3.8, 4) is 0 Å². The molecular formula is HClF2Ni. The van der Waals surface area contributed by atoms with Crippen molar-refractivity contribution in [2.45, 2.75) is 0 Å². The summed E-state index contributed by atoms with van der Waals surface area (Å²) >= 11 is -1.38. The predicted octanol–water partition coefficient (Wildman–Crippen LogP) is 1.26. The maximum absolute atomic E-state index is 9.56. The fourth-order valence-electron chi connectivity index (χ4n) is 0. The van der Waals surface area contributed by atoms with Gasteiger partial charge in [0.25, 0.3) is 0 Å². The van der Waals surface area contributed by atoms with Crippen LogP contribution in [0.3, 0.4) is 0 Å². The van der Waals surface area contributed by atoms with Crippen molar-refractivity contribution in [1.29, 1.82) is 0 Å². The van der Waals surface area contributed by atoms with E-state index in [9.17, 15) is 7.21 Å². The Morgan fingerprint density at radius 3 is 1.25 bits per heavy atom. The number of hydrogen-bond donors (Lipinski definition) is 0. The van der Waals surface area contributed by atoms with Gasteiger partial charge < -0.3 is 0 Å². The first-order chi connectivity index (χ1) is 1.41. The Kier molecular flexibility index (Phi) is 20.8. The molecule has 0 fully saturated rings. The van der Waals surface area contributed by atoms with E-state index in [2.05, 4.69) is 0 Å². The second-order valence-electron chi connectivity index (χ2n) is 0.0452. The SMILES string of the molecule is Cl.[F][Ni][F]. The van der Waals surface area contributed by atoms with Crippen LogP contribution in [0.2, 0.25) is 0 Å². The van der Waals surface area contributed by atoms with Gasteiger partial charge in [-0.1, -0.05) is 0 Å². The molecule has 0 bridgehead atoms. The second-order valence-corrected chi connectivity index (χ2v) is 0.186. The standard InChI is InChI=1S/ClH.2FH.Ni/h3*1H;/q;;;+2/p-2. The van der Waals surface area contributed by atoms with Gasteiger partial charge in [0.1, 0.15) is 0 Å². The molecule has 0 radical (unpaired) electrons. The monoisotopic (exact) mass is 132 g/mol. The molecule has 0 nitrogen and oxygen atoms in total. The summed E-state index contributed by atoms with van der Waals surface area (Å²) in [7, 11) is 0. The van der Waals surface area contributed by atoms with E-state index in [0.717, 1.165) is 0 Å². The van der Waals surface area contributed by atoms with Crippen molar-refractivity contribution in [1.82, 2.24) is 0 Å². The first-order valence-electron chi connectivity index (χ1n) is 0.239. The Bertz CT molecular complexity index is 6.00. The van der Waals surface area contributed by atoms with Crippen LogP contribution >= 0.6 is 12.4 Å². The summed E-state index contributed by atoms with van der Waals surface area (Å²) in [5, 5.41) is 0. The van der Waals surface area contributed by atoms with Crippen LogP contribution in [0.1, 0.15) is 0 Å². The van der Waals surface area contributed by atoms with Crippen LogP contribution in [-0.2, 0) is 15.3 Å². The van der Waals surface area contributed by atoms with Crippen LogP contribution in [0.4, 0.5) is 7.21 Å². The number of rotatable bonds is 0. The van der Waals surface area contributed by atoms with Crippen molar-refractivity contribution < 1.29 is 22.5 Å². The van der Waals surface area contributed by atoms with E-state index in [1.165, 1.54) is 0 Å². The molecule has 0 aromatic heterocycles. The molecule has 0 heterocycles. The van der Waals surface area contributed by atoms with Gasteiger partial charge in [0.05, 0.1) is 0 Å². The Labute approximate surface area is 35.7 Å². The summed E-state index contributed by atoms with van der Waals surface area (Å²) in [6.07, 6.45) is 0. The van der Waals surface area contributed by atoms with Crippen LogP contribution in [0.5, 0.6) is 0 Å². The van der Waals surface area contributed by atoms with Crippen molar-refractivity contribution >= 4 is 12.4 Å². The minimum atomic E-state index is -1.38. The van der Waals surface area contributed by atoms with Gasteiger partial charge in [-0.25, -0.2) is 0 Å². The zero-order valence-corrected chi connectivity index (χ0v) is 3.28. The Balaban J connectivity index is 0. The third-order valence-corrected chi connectivity index (χ3v) is 0. The molecule has 0 aliphatic carbocycles. The van der Waals surface area contributed by atoms with E-state index in [0.29, 0.717) is 0 Å². The van der Waals surface area contributed by atoms with Crippen molar-refractivity contribution in [3.05, 3.63) is 0 Å². The van der Waals surface area contributed by atoms with Gasteiger partial charge in [0.2, 0.25) is 0 Å². The minimum absolute atomic E-state index is 0. The van der Waals surface area contributed by atoms with Crippen molar-refractivity contribution in [2.24, 2.45) is 0 Å². The molecule has 0 spiro atoms. The summed E-state index contributed by atoms with van der Waals surface area (Å²) in [6, 6.07) is 0. The van der Waals surface area contributed by atoms with Gasteiger partial charge in [-0.15, -0.1) is 12.4 Å². The van der Waals surface area contributed by atoms with Gasteiger partial charge in [-0.3, -0.25) is 0 Å². The van der Waals surface area contributed by atoms with Crippen LogP contribution < -0.4 is 0 Å². The average molecular weight is 133 g/mol. The zero-order valence-electron chi connectivity index (χ0n) is 1.48. The average Bonchev–Trinajstić information content (AvgIpc) is 0.918.